The van der Waals surface area contributed by atoms with Crippen molar-refractivity contribution in [2.75, 3.05) is 31.7 Å². The van der Waals surface area contributed by atoms with Gasteiger partial charge in [0.2, 0.25) is 0 Å². The lowest BCUT2D eigenvalue weighted by atomic mass is 10.2. The molecule has 1 saturated heterocycles. The Labute approximate surface area is 155 Å². The second kappa shape index (κ2) is 7.86. The van der Waals surface area contributed by atoms with Crippen LogP contribution in [-0.2, 0) is 11.3 Å². The summed E-state index contributed by atoms with van der Waals surface area (Å²) in [7, 11) is 0. The maximum Gasteiger partial charge on any atom is 0.167 e. The normalized spacial score (nSPS) is 15.7. The van der Waals surface area contributed by atoms with Crippen molar-refractivity contribution in [3.63, 3.8) is 0 Å². The lowest BCUT2D eigenvalue weighted by Gasteiger charge is -2.26. The van der Waals surface area contributed by atoms with Gasteiger partial charge in [-0.05, 0) is 18.6 Å². The number of pyridine rings is 1. The maximum absolute atomic E-state index is 5.44. The number of anilines is 1. The number of rotatable bonds is 5. The fourth-order valence-corrected chi connectivity index (χ4v) is 4.12. The van der Waals surface area contributed by atoms with E-state index < -0.39 is 0 Å². The van der Waals surface area contributed by atoms with Crippen LogP contribution in [0.1, 0.15) is 16.0 Å². The molecule has 0 spiro atoms. The molecule has 0 radical (unpaired) electrons. The third kappa shape index (κ3) is 3.72. The van der Waals surface area contributed by atoms with Crippen LogP contribution in [0.3, 0.4) is 0 Å². The number of aromatic nitrogens is 3. The molecule has 0 aromatic carbocycles. The average molecular weight is 368 g/mol. The minimum Gasteiger partial charge on any atom is -0.379 e. The molecule has 26 heavy (non-hydrogen) atoms. The van der Waals surface area contributed by atoms with Gasteiger partial charge in [-0.25, -0.2) is 9.97 Å². The van der Waals surface area contributed by atoms with E-state index in [-0.39, 0.29) is 0 Å². The molecule has 1 aliphatic rings. The van der Waals surface area contributed by atoms with Gasteiger partial charge in [0.15, 0.2) is 5.82 Å². The van der Waals surface area contributed by atoms with Crippen molar-refractivity contribution >= 4 is 33.6 Å². The molecule has 0 saturated carbocycles. The van der Waals surface area contributed by atoms with Crippen molar-refractivity contribution in [2.24, 2.45) is 5.10 Å². The Balaban J connectivity index is 1.55. The Bertz CT molecular complexity index is 905. The molecule has 7 nitrogen and oxygen atoms in total. The maximum atomic E-state index is 5.44. The van der Waals surface area contributed by atoms with Gasteiger partial charge in [-0.15, -0.1) is 11.3 Å². The summed E-state index contributed by atoms with van der Waals surface area (Å²) in [5.41, 5.74) is 6.19. The highest BCUT2D eigenvalue weighted by Gasteiger charge is 2.17. The average Bonchev–Trinajstić information content (AvgIpc) is 3.00. The molecule has 3 aromatic rings. The number of thiophene rings is 1. The van der Waals surface area contributed by atoms with Crippen LogP contribution in [0.5, 0.6) is 0 Å². The number of hydrogen-bond acceptors (Lipinski definition) is 8. The van der Waals surface area contributed by atoms with E-state index in [1.54, 1.807) is 36.3 Å². The summed E-state index contributed by atoms with van der Waals surface area (Å²) in [4.78, 5) is 16.7. The molecule has 1 N–H and O–H groups in total. The Hall–Kier alpha value is -2.42. The predicted molar refractivity (Wildman–Crippen MR) is 104 cm³/mol. The minimum atomic E-state index is 0.733. The van der Waals surface area contributed by atoms with Gasteiger partial charge in [0.05, 0.1) is 29.6 Å². The molecule has 0 atom stereocenters. The number of morpholine rings is 1. The first-order chi connectivity index (χ1) is 12.8. The van der Waals surface area contributed by atoms with E-state index in [2.05, 4.69) is 37.3 Å². The lowest BCUT2D eigenvalue weighted by Crippen LogP contribution is -2.35. The summed E-state index contributed by atoms with van der Waals surface area (Å²) in [6.45, 7) is 6.61. The molecule has 4 heterocycles. The summed E-state index contributed by atoms with van der Waals surface area (Å²) in [6.07, 6.45) is 6.82. The van der Waals surface area contributed by atoms with Crippen LogP contribution < -0.4 is 5.43 Å². The van der Waals surface area contributed by atoms with Gasteiger partial charge >= 0.3 is 0 Å². The summed E-state index contributed by atoms with van der Waals surface area (Å²) >= 11 is 1.73. The van der Waals surface area contributed by atoms with Crippen molar-refractivity contribution in [3.8, 4) is 0 Å². The number of nitrogens with zero attached hydrogens (tertiary/aromatic N) is 5. The van der Waals surface area contributed by atoms with E-state index in [1.165, 1.54) is 10.4 Å². The third-order valence-corrected chi connectivity index (χ3v) is 5.61. The molecule has 0 amide bonds. The smallest absolute Gasteiger partial charge is 0.167 e. The molecular formula is C18H20N6OS. The first-order valence-electron chi connectivity index (χ1n) is 8.53. The summed E-state index contributed by atoms with van der Waals surface area (Å²) < 4.78 is 6.47. The SMILES string of the molecule is Cc1c(CN2CCOCC2)sc2c(NN=Cc3cccnc3)ncnc12. The largest absolute Gasteiger partial charge is 0.379 e. The van der Waals surface area contributed by atoms with Crippen LogP contribution >= 0.6 is 11.3 Å². The number of fused-ring (bicyclic) bond motifs is 1. The summed E-state index contributed by atoms with van der Waals surface area (Å²) in [6, 6.07) is 3.83. The summed E-state index contributed by atoms with van der Waals surface area (Å²) in [5, 5.41) is 4.29. The van der Waals surface area contributed by atoms with Crippen molar-refractivity contribution < 1.29 is 4.74 Å². The van der Waals surface area contributed by atoms with Crippen molar-refractivity contribution in [2.45, 2.75) is 13.5 Å². The number of hydrogen-bond donors (Lipinski definition) is 1. The van der Waals surface area contributed by atoms with Crippen LogP contribution in [0.25, 0.3) is 10.2 Å². The van der Waals surface area contributed by atoms with Crippen molar-refractivity contribution in [1.29, 1.82) is 0 Å². The van der Waals surface area contributed by atoms with Crippen LogP contribution in [0, 0.1) is 6.92 Å². The first kappa shape index (κ1) is 17.0. The van der Waals surface area contributed by atoms with E-state index in [1.807, 2.05) is 12.1 Å². The van der Waals surface area contributed by atoms with Gasteiger partial charge in [-0.1, -0.05) is 6.07 Å². The van der Waals surface area contributed by atoms with Crippen LogP contribution in [0.2, 0.25) is 0 Å². The Morgan fingerprint density at radius 3 is 3.04 bits per heavy atom. The van der Waals surface area contributed by atoms with E-state index in [9.17, 15) is 0 Å². The number of aryl methyl sites for hydroxylation is 1. The zero-order valence-electron chi connectivity index (χ0n) is 14.6. The first-order valence-corrected chi connectivity index (χ1v) is 9.35. The van der Waals surface area contributed by atoms with E-state index in [0.29, 0.717) is 0 Å². The topological polar surface area (TPSA) is 75.5 Å². The quantitative estimate of drug-likeness (QED) is 0.551. The fraction of sp³-hybridized carbons (Fsp3) is 0.333. The lowest BCUT2D eigenvalue weighted by molar-refractivity contribution is 0.0346. The number of nitrogens with one attached hydrogen (secondary N) is 1. The molecule has 3 aromatic heterocycles. The Morgan fingerprint density at radius 2 is 2.23 bits per heavy atom. The van der Waals surface area contributed by atoms with E-state index >= 15 is 0 Å². The number of ether oxygens (including phenoxy) is 1. The molecule has 0 aliphatic carbocycles. The van der Waals surface area contributed by atoms with E-state index in [4.69, 9.17) is 4.74 Å². The molecule has 0 bridgehead atoms. The monoisotopic (exact) mass is 368 g/mol. The highest BCUT2D eigenvalue weighted by Crippen LogP contribution is 2.34. The molecule has 1 fully saturated rings. The molecule has 134 valence electrons. The molecular weight excluding hydrogens is 348 g/mol. The second-order valence-corrected chi connectivity index (χ2v) is 7.20. The van der Waals surface area contributed by atoms with Gasteiger partial charge in [0.1, 0.15) is 6.33 Å². The zero-order valence-corrected chi connectivity index (χ0v) is 15.4. The second-order valence-electron chi connectivity index (χ2n) is 6.10. The van der Waals surface area contributed by atoms with Crippen LogP contribution in [-0.4, -0.2) is 52.4 Å². The highest BCUT2D eigenvalue weighted by atomic mass is 32.1. The predicted octanol–water partition coefficient (Wildman–Crippen LogP) is 2.67. The Kier molecular flexibility index (Phi) is 5.14. The highest BCUT2D eigenvalue weighted by molar-refractivity contribution is 7.19. The Morgan fingerprint density at radius 1 is 1.35 bits per heavy atom. The van der Waals surface area contributed by atoms with Gasteiger partial charge in [0, 0.05) is 42.5 Å². The molecule has 4 rings (SSSR count). The summed E-state index contributed by atoms with van der Waals surface area (Å²) in [5.74, 6) is 0.733. The molecule has 0 unspecified atom stereocenters. The van der Waals surface area contributed by atoms with E-state index in [0.717, 1.165) is 54.4 Å². The van der Waals surface area contributed by atoms with Gasteiger partial charge in [-0.3, -0.25) is 15.3 Å². The molecule has 8 heteroatoms. The van der Waals surface area contributed by atoms with Gasteiger partial charge in [-0.2, -0.15) is 5.10 Å². The van der Waals surface area contributed by atoms with Crippen molar-refractivity contribution in [1.82, 2.24) is 19.9 Å². The van der Waals surface area contributed by atoms with Gasteiger partial charge < -0.3 is 4.74 Å². The standard InChI is InChI=1S/C18H20N6OS/c1-13-15(11-24-5-7-25-8-6-24)26-17-16(13)20-12-21-18(17)23-22-10-14-3-2-4-19-9-14/h2-4,9-10,12H,5-8,11H2,1H3,(H,20,21,23). The van der Waals surface area contributed by atoms with Gasteiger partial charge in [0.25, 0.3) is 0 Å². The third-order valence-electron chi connectivity index (χ3n) is 4.34. The molecule has 1 aliphatic heterocycles. The van der Waals surface area contributed by atoms with Crippen molar-refractivity contribution in [3.05, 3.63) is 46.9 Å². The number of hydrazone groups is 1. The van der Waals surface area contributed by atoms with Crippen LogP contribution in [0.4, 0.5) is 5.82 Å². The van der Waals surface area contributed by atoms with Crippen LogP contribution in [0.15, 0.2) is 36.0 Å². The fourth-order valence-electron chi connectivity index (χ4n) is 2.88. The zero-order chi connectivity index (χ0) is 17.8. The minimum absolute atomic E-state index is 0.733.